The molecule has 4 heterocycles. The van der Waals surface area contributed by atoms with Gasteiger partial charge in [0.2, 0.25) is 0 Å². The van der Waals surface area contributed by atoms with Gasteiger partial charge in [0, 0.05) is 0 Å². The van der Waals surface area contributed by atoms with Crippen LogP contribution in [0.5, 0.6) is 0 Å². The molecule has 184 valence electrons. The summed E-state index contributed by atoms with van der Waals surface area (Å²) in [6.45, 7) is 6.69. The van der Waals surface area contributed by atoms with Crippen LogP contribution in [0.15, 0.2) is 12.7 Å². The van der Waals surface area contributed by atoms with Gasteiger partial charge in [0.1, 0.15) is 29.5 Å². The summed E-state index contributed by atoms with van der Waals surface area (Å²) in [6.07, 6.45) is 0.313. The van der Waals surface area contributed by atoms with Crippen molar-refractivity contribution in [2.45, 2.75) is 58.7 Å². The second-order valence-corrected chi connectivity index (χ2v) is 10.4. The molecule has 2 saturated heterocycles. The number of nitrogens with zero attached hydrogens (tertiary/aromatic N) is 5. The number of esters is 1. The Balaban J connectivity index is 1.48. The number of nitrogen functional groups attached to an aromatic ring is 1. The zero-order valence-electron chi connectivity index (χ0n) is 19.3. The third-order valence-corrected chi connectivity index (χ3v) is 7.27. The fourth-order valence-corrected chi connectivity index (χ4v) is 5.42. The van der Waals surface area contributed by atoms with Crippen molar-refractivity contribution in [3.8, 4) is 6.07 Å². The van der Waals surface area contributed by atoms with E-state index in [9.17, 15) is 14.6 Å². The van der Waals surface area contributed by atoms with Crippen LogP contribution >= 0.6 is 7.82 Å². The lowest BCUT2D eigenvalue weighted by Crippen LogP contribution is -2.42. The monoisotopic (exact) mass is 494 g/mol. The predicted molar refractivity (Wildman–Crippen MR) is 117 cm³/mol. The SMILES string of the molecule is CC(C)OC(=O)[C@@H](C)CCO[P@]1(=O)OC[C@H]2O[C@@H](n3cnc4c(N)ncnc43)[C@](C)(C#N)[C@@H]2O1. The molecule has 0 spiro atoms. The highest BCUT2D eigenvalue weighted by Gasteiger charge is 2.61. The van der Waals surface area contributed by atoms with E-state index >= 15 is 0 Å². The molecule has 2 N–H and O–H groups in total. The van der Waals surface area contributed by atoms with E-state index in [0.717, 1.165) is 0 Å². The highest BCUT2D eigenvalue weighted by molar-refractivity contribution is 7.48. The normalized spacial score (nSPS) is 31.8. The number of fused-ring (bicyclic) bond motifs is 2. The van der Waals surface area contributed by atoms with Crippen LogP contribution in [0.1, 0.15) is 40.3 Å². The van der Waals surface area contributed by atoms with Crippen molar-refractivity contribution in [1.29, 1.82) is 5.26 Å². The van der Waals surface area contributed by atoms with Crippen molar-refractivity contribution >= 4 is 30.8 Å². The Labute approximate surface area is 196 Å². The van der Waals surface area contributed by atoms with Crippen LogP contribution < -0.4 is 5.73 Å². The van der Waals surface area contributed by atoms with Crippen LogP contribution in [0, 0.1) is 22.7 Å². The number of carbonyl (C=O) groups excluding carboxylic acids is 1. The molecule has 0 aliphatic carbocycles. The van der Waals surface area contributed by atoms with E-state index < -0.39 is 37.6 Å². The highest BCUT2D eigenvalue weighted by Crippen LogP contribution is 2.61. The summed E-state index contributed by atoms with van der Waals surface area (Å²) in [6, 6.07) is 2.24. The van der Waals surface area contributed by atoms with Crippen molar-refractivity contribution in [3.63, 3.8) is 0 Å². The van der Waals surface area contributed by atoms with Gasteiger partial charge in [-0.3, -0.25) is 22.9 Å². The first-order chi connectivity index (χ1) is 16.1. The number of hydrogen-bond acceptors (Lipinski definition) is 12. The molecule has 14 heteroatoms. The van der Waals surface area contributed by atoms with Gasteiger partial charge in [-0.1, -0.05) is 6.92 Å². The second-order valence-electron chi connectivity index (χ2n) is 8.78. The zero-order valence-corrected chi connectivity index (χ0v) is 20.2. The Hall–Kier alpha value is -2.62. The molecule has 0 saturated carbocycles. The highest BCUT2D eigenvalue weighted by atomic mass is 31.2. The predicted octanol–water partition coefficient (Wildman–Crippen LogP) is 2.35. The molecular weight excluding hydrogens is 467 g/mol. The molecule has 2 aromatic heterocycles. The molecule has 0 unspecified atom stereocenters. The Bertz CT molecular complexity index is 1170. The maximum Gasteiger partial charge on any atom is 0.475 e. The molecule has 13 nitrogen and oxygen atoms in total. The first kappa shape index (κ1) is 24.5. The van der Waals surface area contributed by atoms with Crippen LogP contribution in [-0.2, 0) is 32.4 Å². The maximum atomic E-state index is 13.2. The van der Waals surface area contributed by atoms with Crippen molar-refractivity contribution in [3.05, 3.63) is 12.7 Å². The number of phosphoric acid groups is 1. The largest absolute Gasteiger partial charge is 0.475 e. The Morgan fingerprint density at radius 2 is 2.18 bits per heavy atom. The van der Waals surface area contributed by atoms with Crippen LogP contribution in [0.4, 0.5) is 5.82 Å². The summed E-state index contributed by atoms with van der Waals surface area (Å²) in [7, 11) is -4.00. The van der Waals surface area contributed by atoms with Crippen molar-refractivity contribution < 1.29 is 32.4 Å². The van der Waals surface area contributed by atoms with Gasteiger partial charge in [-0.15, -0.1) is 0 Å². The minimum absolute atomic E-state index is 0.0566. The fourth-order valence-electron chi connectivity index (χ4n) is 3.93. The van der Waals surface area contributed by atoms with E-state index in [-0.39, 0.29) is 37.5 Å². The number of ether oxygens (including phenoxy) is 2. The number of imidazole rings is 1. The summed E-state index contributed by atoms with van der Waals surface area (Å²) in [5, 5.41) is 10.1. The number of nitriles is 1. The smallest absolute Gasteiger partial charge is 0.463 e. The van der Waals surface area contributed by atoms with E-state index in [0.29, 0.717) is 11.2 Å². The lowest BCUT2D eigenvalue weighted by molar-refractivity contribution is -0.152. The number of nitrogens with two attached hydrogens (primary N) is 1. The molecule has 0 aromatic carbocycles. The van der Waals surface area contributed by atoms with Crippen molar-refractivity contribution in [1.82, 2.24) is 19.5 Å². The van der Waals surface area contributed by atoms with Gasteiger partial charge in [-0.25, -0.2) is 19.5 Å². The zero-order chi connectivity index (χ0) is 24.7. The second kappa shape index (κ2) is 9.20. The molecular formula is C20H27N6O7P. The first-order valence-electron chi connectivity index (χ1n) is 10.9. The summed E-state index contributed by atoms with van der Waals surface area (Å²) < 4.78 is 42.5. The number of rotatable bonds is 7. The molecule has 2 aliphatic rings. The molecule has 0 radical (unpaired) electrons. The summed E-state index contributed by atoms with van der Waals surface area (Å²) in [4.78, 5) is 24.3. The molecule has 2 fully saturated rings. The van der Waals surface area contributed by atoms with Gasteiger partial charge >= 0.3 is 13.8 Å². The van der Waals surface area contributed by atoms with Crippen LogP contribution in [0.3, 0.4) is 0 Å². The Morgan fingerprint density at radius 1 is 1.41 bits per heavy atom. The van der Waals surface area contributed by atoms with Gasteiger partial charge < -0.3 is 15.2 Å². The molecule has 34 heavy (non-hydrogen) atoms. The number of aromatic nitrogens is 4. The lowest BCUT2D eigenvalue weighted by atomic mass is 9.84. The number of hydrogen-bond donors (Lipinski definition) is 1. The lowest BCUT2D eigenvalue weighted by Gasteiger charge is -2.34. The topological polar surface area (TPSA) is 174 Å². The summed E-state index contributed by atoms with van der Waals surface area (Å²) in [5.74, 6) is -0.635. The van der Waals surface area contributed by atoms with Crippen LogP contribution in [-0.4, -0.2) is 57.0 Å². The fraction of sp³-hybridized carbons (Fsp3) is 0.650. The minimum atomic E-state index is -4.00. The van der Waals surface area contributed by atoms with E-state index in [2.05, 4.69) is 21.0 Å². The van der Waals surface area contributed by atoms with Crippen molar-refractivity contribution in [2.75, 3.05) is 18.9 Å². The van der Waals surface area contributed by atoms with Gasteiger partial charge in [0.25, 0.3) is 0 Å². The number of phosphoric ester groups is 1. The molecule has 0 bridgehead atoms. The summed E-state index contributed by atoms with van der Waals surface area (Å²) in [5.41, 5.74) is 5.35. The Kier molecular flexibility index (Phi) is 6.63. The average molecular weight is 494 g/mol. The van der Waals surface area contributed by atoms with E-state index in [4.69, 9.17) is 28.8 Å². The van der Waals surface area contributed by atoms with Crippen LogP contribution in [0.2, 0.25) is 0 Å². The quantitative estimate of drug-likeness (QED) is 0.440. The molecule has 2 aromatic rings. The van der Waals surface area contributed by atoms with Gasteiger partial charge in [-0.2, -0.15) is 5.26 Å². The summed E-state index contributed by atoms with van der Waals surface area (Å²) >= 11 is 0. The Morgan fingerprint density at radius 3 is 2.88 bits per heavy atom. The van der Waals surface area contributed by atoms with E-state index in [1.165, 1.54) is 12.7 Å². The van der Waals surface area contributed by atoms with E-state index in [1.54, 1.807) is 32.3 Å². The molecule has 2 aliphatic heterocycles. The van der Waals surface area contributed by atoms with Crippen molar-refractivity contribution in [2.24, 2.45) is 11.3 Å². The molecule has 0 amide bonds. The van der Waals surface area contributed by atoms with E-state index in [1.807, 2.05) is 0 Å². The van der Waals surface area contributed by atoms with Gasteiger partial charge in [0.05, 0.1) is 37.6 Å². The molecule has 6 atom stereocenters. The third-order valence-electron chi connectivity index (χ3n) is 5.82. The number of anilines is 1. The van der Waals surface area contributed by atoms with Gasteiger partial charge in [0.15, 0.2) is 17.7 Å². The first-order valence-corrected chi connectivity index (χ1v) is 12.3. The maximum absolute atomic E-state index is 13.2. The average Bonchev–Trinajstić information content (AvgIpc) is 3.33. The molecule has 4 rings (SSSR count). The third kappa shape index (κ3) is 4.39. The minimum Gasteiger partial charge on any atom is -0.463 e. The standard InChI is InChI=1S/C20H27N6O7P/c1-11(2)31-18(27)12(3)5-6-29-34(28)30-7-13-15(33-34)20(4,8-21)19(32-13)26-10-25-14-16(22)23-9-24-17(14)26/h9-13,15,19H,5-7H2,1-4H3,(H2,22,23,24)/t12-,13+,15+,19+,20+,34+/m0/s1. The van der Waals surface area contributed by atoms with Gasteiger partial charge in [-0.05, 0) is 27.2 Å². The number of carbonyl (C=O) groups is 1. The van der Waals surface area contributed by atoms with Crippen LogP contribution in [0.25, 0.3) is 11.2 Å².